The Bertz CT molecular complexity index is 525. The molecule has 0 spiro atoms. The van der Waals surface area contributed by atoms with Crippen molar-refractivity contribution in [3.63, 3.8) is 0 Å². The number of methoxy groups -OCH3 is 1. The number of hydrogen-bond donors (Lipinski definition) is 1. The maximum Gasteiger partial charge on any atom is 0.306 e. The van der Waals surface area contributed by atoms with E-state index in [4.69, 9.17) is 4.74 Å². The predicted molar refractivity (Wildman–Crippen MR) is 86.6 cm³/mol. The van der Waals surface area contributed by atoms with Crippen LogP contribution < -0.4 is 4.74 Å². The summed E-state index contributed by atoms with van der Waals surface area (Å²) in [5.74, 6) is 0.131. The molecule has 0 heterocycles. The van der Waals surface area contributed by atoms with Gasteiger partial charge in [0, 0.05) is 0 Å². The molecule has 4 heteroatoms. The fourth-order valence-corrected chi connectivity index (χ4v) is 4.00. The molecule has 1 aliphatic carbocycles. The summed E-state index contributed by atoms with van der Waals surface area (Å²) in [6.45, 7) is 4.48. The molecule has 1 fully saturated rings. The molecular formula is C17H23BrO3. The van der Waals surface area contributed by atoms with Crippen molar-refractivity contribution < 1.29 is 14.6 Å². The number of rotatable bonds is 4. The van der Waals surface area contributed by atoms with Crippen LogP contribution in [0.1, 0.15) is 38.7 Å². The third-order valence-electron chi connectivity index (χ3n) is 4.55. The average Bonchev–Trinajstić information content (AvgIpc) is 2.37. The van der Waals surface area contributed by atoms with Crippen LogP contribution >= 0.6 is 15.9 Å². The van der Waals surface area contributed by atoms with Gasteiger partial charge in [-0.25, -0.2) is 0 Å². The first-order valence-electron chi connectivity index (χ1n) is 7.37. The first-order valence-corrected chi connectivity index (χ1v) is 8.17. The highest BCUT2D eigenvalue weighted by Gasteiger charge is 2.38. The van der Waals surface area contributed by atoms with Gasteiger partial charge < -0.3 is 9.84 Å². The van der Waals surface area contributed by atoms with E-state index in [2.05, 4.69) is 29.8 Å². The van der Waals surface area contributed by atoms with Crippen molar-refractivity contribution in [2.75, 3.05) is 7.11 Å². The number of halogens is 1. The molecule has 2 atom stereocenters. The minimum absolute atomic E-state index is 0.201. The Kier molecular flexibility index (Phi) is 4.97. The van der Waals surface area contributed by atoms with E-state index >= 15 is 0 Å². The number of carbonyl (C=O) groups is 1. The van der Waals surface area contributed by atoms with Crippen LogP contribution in [0.2, 0.25) is 0 Å². The van der Waals surface area contributed by atoms with E-state index in [9.17, 15) is 9.90 Å². The van der Waals surface area contributed by atoms with Crippen molar-refractivity contribution in [3.8, 4) is 5.75 Å². The Morgan fingerprint density at radius 1 is 1.48 bits per heavy atom. The Hall–Kier alpha value is -1.03. The van der Waals surface area contributed by atoms with E-state index in [-0.39, 0.29) is 17.3 Å². The van der Waals surface area contributed by atoms with Crippen molar-refractivity contribution >= 4 is 21.9 Å². The van der Waals surface area contributed by atoms with E-state index in [0.29, 0.717) is 0 Å². The lowest BCUT2D eigenvalue weighted by atomic mass is 9.65. The molecule has 1 N–H and O–H groups in total. The summed E-state index contributed by atoms with van der Waals surface area (Å²) in [7, 11) is 1.64. The molecule has 1 aliphatic rings. The zero-order valence-electron chi connectivity index (χ0n) is 12.9. The van der Waals surface area contributed by atoms with Gasteiger partial charge in [-0.15, -0.1) is 0 Å². The molecule has 116 valence electrons. The molecule has 2 rings (SSSR count). The molecule has 21 heavy (non-hydrogen) atoms. The van der Waals surface area contributed by atoms with Gasteiger partial charge in [-0.1, -0.05) is 19.9 Å². The molecule has 1 aromatic rings. The molecule has 2 unspecified atom stereocenters. The van der Waals surface area contributed by atoms with Crippen molar-refractivity contribution in [2.45, 2.75) is 39.5 Å². The maximum atomic E-state index is 11.5. The number of aliphatic carboxylic acids is 1. The van der Waals surface area contributed by atoms with Gasteiger partial charge in [0.25, 0.3) is 0 Å². The average molecular weight is 355 g/mol. The Morgan fingerprint density at radius 3 is 2.76 bits per heavy atom. The quantitative estimate of drug-likeness (QED) is 0.863. The molecule has 1 saturated carbocycles. The maximum absolute atomic E-state index is 11.5. The normalized spacial score (nSPS) is 24.6. The van der Waals surface area contributed by atoms with Crippen LogP contribution in [-0.2, 0) is 11.2 Å². The second-order valence-electron chi connectivity index (χ2n) is 6.78. The number of benzene rings is 1. The lowest BCUT2D eigenvalue weighted by molar-refractivity contribution is -0.146. The highest BCUT2D eigenvalue weighted by molar-refractivity contribution is 9.10. The summed E-state index contributed by atoms with van der Waals surface area (Å²) in [4.78, 5) is 11.5. The van der Waals surface area contributed by atoms with Gasteiger partial charge >= 0.3 is 5.97 Å². The Labute approximate surface area is 134 Å². The standard InChI is InChI=1S/C17H23BrO3/c1-17(2)7-6-13(16(19)20)12(10-17)8-11-4-5-15(21-3)14(18)9-11/h4-5,9,12-13H,6-8,10H2,1-3H3,(H,19,20). The van der Waals surface area contributed by atoms with Gasteiger partial charge in [-0.3, -0.25) is 4.79 Å². The SMILES string of the molecule is COc1ccc(CC2CC(C)(C)CCC2C(=O)O)cc1Br. The molecule has 0 aliphatic heterocycles. The summed E-state index contributed by atoms with van der Waals surface area (Å²) in [6.07, 6.45) is 3.55. The minimum atomic E-state index is -0.650. The van der Waals surface area contributed by atoms with Gasteiger partial charge in [-0.2, -0.15) is 0 Å². The summed E-state index contributed by atoms with van der Waals surface area (Å²) in [5, 5.41) is 9.46. The third-order valence-corrected chi connectivity index (χ3v) is 5.17. The number of carboxylic acids is 1. The van der Waals surface area contributed by atoms with Crippen LogP contribution in [0.25, 0.3) is 0 Å². The van der Waals surface area contributed by atoms with Crippen LogP contribution in [0.15, 0.2) is 22.7 Å². The lowest BCUT2D eigenvalue weighted by Crippen LogP contribution is -2.35. The summed E-state index contributed by atoms with van der Waals surface area (Å²) in [5.41, 5.74) is 1.40. The van der Waals surface area contributed by atoms with E-state index in [1.54, 1.807) is 7.11 Å². The third kappa shape index (κ3) is 4.00. The summed E-state index contributed by atoms with van der Waals surface area (Å²) < 4.78 is 6.16. The highest BCUT2D eigenvalue weighted by atomic mass is 79.9. The predicted octanol–water partition coefficient (Wildman–Crippen LogP) is 4.53. The van der Waals surface area contributed by atoms with Gasteiger partial charge in [0.15, 0.2) is 0 Å². The van der Waals surface area contributed by atoms with E-state index in [1.807, 2.05) is 18.2 Å². The van der Waals surface area contributed by atoms with Crippen molar-refractivity contribution in [2.24, 2.45) is 17.3 Å². The smallest absolute Gasteiger partial charge is 0.306 e. The minimum Gasteiger partial charge on any atom is -0.496 e. The van der Waals surface area contributed by atoms with Crippen LogP contribution in [-0.4, -0.2) is 18.2 Å². The monoisotopic (exact) mass is 354 g/mol. The lowest BCUT2D eigenvalue weighted by Gasteiger charge is -2.39. The molecule has 0 aromatic heterocycles. The van der Waals surface area contributed by atoms with Gasteiger partial charge in [0.05, 0.1) is 17.5 Å². The second-order valence-corrected chi connectivity index (χ2v) is 7.64. The molecule has 0 radical (unpaired) electrons. The molecule has 0 saturated heterocycles. The fraction of sp³-hybridized carbons (Fsp3) is 0.588. The fourth-order valence-electron chi connectivity index (χ4n) is 3.42. The van der Waals surface area contributed by atoms with Gasteiger partial charge in [0.2, 0.25) is 0 Å². The first-order chi connectivity index (χ1) is 9.82. The highest BCUT2D eigenvalue weighted by Crippen LogP contribution is 2.43. The number of carboxylic acid groups (broad SMARTS) is 1. The number of hydrogen-bond acceptors (Lipinski definition) is 2. The van der Waals surface area contributed by atoms with Gasteiger partial charge in [0.1, 0.15) is 5.75 Å². The second kappa shape index (κ2) is 6.39. The summed E-state index contributed by atoms with van der Waals surface area (Å²) in [6, 6.07) is 6.01. The van der Waals surface area contributed by atoms with E-state index in [0.717, 1.165) is 41.5 Å². The molecular weight excluding hydrogens is 332 g/mol. The largest absolute Gasteiger partial charge is 0.496 e. The van der Waals surface area contributed by atoms with Crippen LogP contribution in [0, 0.1) is 17.3 Å². The van der Waals surface area contributed by atoms with E-state index < -0.39 is 5.97 Å². The molecule has 0 bridgehead atoms. The molecule has 0 amide bonds. The van der Waals surface area contributed by atoms with E-state index in [1.165, 1.54) is 0 Å². The van der Waals surface area contributed by atoms with Crippen molar-refractivity contribution in [1.82, 2.24) is 0 Å². The zero-order chi connectivity index (χ0) is 15.6. The van der Waals surface area contributed by atoms with Crippen LogP contribution in [0.5, 0.6) is 5.75 Å². The topological polar surface area (TPSA) is 46.5 Å². The summed E-state index contributed by atoms with van der Waals surface area (Å²) >= 11 is 3.50. The zero-order valence-corrected chi connectivity index (χ0v) is 14.4. The Balaban J connectivity index is 2.18. The van der Waals surface area contributed by atoms with Crippen LogP contribution in [0.4, 0.5) is 0 Å². The molecule has 3 nitrogen and oxygen atoms in total. The molecule has 1 aromatic carbocycles. The Morgan fingerprint density at radius 2 is 2.19 bits per heavy atom. The van der Waals surface area contributed by atoms with Crippen molar-refractivity contribution in [3.05, 3.63) is 28.2 Å². The van der Waals surface area contributed by atoms with Crippen molar-refractivity contribution in [1.29, 1.82) is 0 Å². The van der Waals surface area contributed by atoms with Gasteiger partial charge in [-0.05, 0) is 70.6 Å². The van der Waals surface area contributed by atoms with Crippen LogP contribution in [0.3, 0.4) is 0 Å². The first kappa shape index (κ1) is 16.3. The number of ether oxygens (including phenoxy) is 1.